The maximum atomic E-state index is 13.4. The number of aromatic nitrogens is 2. The fourth-order valence-corrected chi connectivity index (χ4v) is 2.81. The first kappa shape index (κ1) is 17.1. The van der Waals surface area contributed by atoms with Crippen molar-refractivity contribution in [1.29, 1.82) is 0 Å². The van der Waals surface area contributed by atoms with Gasteiger partial charge >= 0.3 is 0 Å². The molecule has 0 amide bonds. The first-order chi connectivity index (χ1) is 12.3. The van der Waals surface area contributed by atoms with Gasteiger partial charge in [0.15, 0.2) is 5.96 Å². The van der Waals surface area contributed by atoms with Gasteiger partial charge in [0, 0.05) is 55.7 Å². The summed E-state index contributed by atoms with van der Waals surface area (Å²) in [5.41, 5.74) is 2.04. The third-order valence-electron chi connectivity index (χ3n) is 4.05. The van der Waals surface area contributed by atoms with Gasteiger partial charge in [0.05, 0.1) is 0 Å². The topological polar surface area (TPSA) is 57.1 Å². The number of nitrogens with zero attached hydrogens (tertiary/aromatic N) is 2. The molecule has 0 saturated heterocycles. The predicted octanol–water partition coefficient (Wildman–Crippen LogP) is 2.91. The highest BCUT2D eigenvalue weighted by Crippen LogP contribution is 2.19. The molecule has 132 valence electrons. The fraction of sp³-hybridized carbons (Fsp3) is 0.316. The molecule has 3 N–H and O–H groups in total. The van der Waals surface area contributed by atoms with Crippen molar-refractivity contribution in [2.75, 3.05) is 19.6 Å². The Kier molecular flexibility index (Phi) is 5.72. The molecule has 6 heteroatoms. The van der Waals surface area contributed by atoms with Gasteiger partial charge in [-0.25, -0.2) is 4.39 Å². The van der Waals surface area contributed by atoms with Crippen molar-refractivity contribution in [3.05, 3.63) is 60.3 Å². The van der Waals surface area contributed by atoms with E-state index in [1.54, 1.807) is 12.1 Å². The lowest BCUT2D eigenvalue weighted by atomic mass is 10.1. The second-order valence-electron chi connectivity index (χ2n) is 5.86. The van der Waals surface area contributed by atoms with Crippen molar-refractivity contribution in [1.82, 2.24) is 20.2 Å². The summed E-state index contributed by atoms with van der Waals surface area (Å²) in [7, 11) is 0. The Hall–Kier alpha value is -2.76. The van der Waals surface area contributed by atoms with E-state index in [2.05, 4.69) is 25.2 Å². The molecular weight excluding hydrogens is 317 g/mol. The van der Waals surface area contributed by atoms with E-state index in [0.717, 1.165) is 48.5 Å². The summed E-state index contributed by atoms with van der Waals surface area (Å²) in [5, 5.41) is 7.52. The molecule has 0 radical (unpaired) electrons. The molecular formula is C19H24FN5. The molecule has 3 rings (SSSR count). The number of hydrogen-bond acceptors (Lipinski definition) is 1. The van der Waals surface area contributed by atoms with Crippen molar-refractivity contribution in [2.45, 2.75) is 19.9 Å². The number of fused-ring (bicyclic) bond motifs is 1. The second-order valence-corrected chi connectivity index (χ2v) is 5.86. The van der Waals surface area contributed by atoms with Crippen molar-refractivity contribution >= 4 is 16.9 Å². The van der Waals surface area contributed by atoms with Gasteiger partial charge in [0.2, 0.25) is 0 Å². The quantitative estimate of drug-likeness (QED) is 0.457. The van der Waals surface area contributed by atoms with Gasteiger partial charge in [-0.05, 0) is 49.2 Å². The minimum atomic E-state index is -0.211. The number of hydrogen-bond donors (Lipinski definition) is 3. The number of aliphatic imine (C=N–C) groups is 1. The van der Waals surface area contributed by atoms with E-state index >= 15 is 0 Å². The average molecular weight is 341 g/mol. The van der Waals surface area contributed by atoms with Gasteiger partial charge in [0.1, 0.15) is 5.82 Å². The summed E-state index contributed by atoms with van der Waals surface area (Å²) in [6.07, 6.45) is 6.79. The Morgan fingerprint density at radius 1 is 1.24 bits per heavy atom. The largest absolute Gasteiger partial charge is 0.361 e. The lowest BCUT2D eigenvalue weighted by molar-refractivity contribution is 0.629. The van der Waals surface area contributed by atoms with Crippen LogP contribution in [-0.4, -0.2) is 35.1 Å². The highest BCUT2D eigenvalue weighted by atomic mass is 19.1. The first-order valence-electron chi connectivity index (χ1n) is 8.64. The van der Waals surface area contributed by atoms with Crippen LogP contribution in [0.1, 0.15) is 12.5 Å². The first-order valence-corrected chi connectivity index (χ1v) is 8.64. The normalized spacial score (nSPS) is 11.8. The highest BCUT2D eigenvalue weighted by molar-refractivity contribution is 5.83. The molecule has 0 bridgehead atoms. The highest BCUT2D eigenvalue weighted by Gasteiger charge is 2.05. The number of guanidine groups is 1. The molecule has 1 aromatic carbocycles. The molecule has 0 unspecified atom stereocenters. The molecule has 2 heterocycles. The molecule has 25 heavy (non-hydrogen) atoms. The van der Waals surface area contributed by atoms with Crippen LogP contribution in [0.25, 0.3) is 10.9 Å². The van der Waals surface area contributed by atoms with Gasteiger partial charge in [-0.15, -0.1) is 0 Å². The zero-order valence-corrected chi connectivity index (χ0v) is 14.4. The molecule has 3 aromatic rings. The van der Waals surface area contributed by atoms with E-state index < -0.39 is 0 Å². The number of aromatic amines is 1. The molecule has 0 saturated carbocycles. The average Bonchev–Trinajstić information content (AvgIpc) is 3.25. The molecule has 5 nitrogen and oxygen atoms in total. The van der Waals surface area contributed by atoms with E-state index in [9.17, 15) is 4.39 Å². The van der Waals surface area contributed by atoms with E-state index in [-0.39, 0.29) is 5.82 Å². The van der Waals surface area contributed by atoms with Crippen molar-refractivity contribution in [3.8, 4) is 0 Å². The summed E-state index contributed by atoms with van der Waals surface area (Å²) >= 11 is 0. The lowest BCUT2D eigenvalue weighted by Gasteiger charge is -2.11. The Bertz CT molecular complexity index is 820. The summed E-state index contributed by atoms with van der Waals surface area (Å²) in [5.74, 6) is 0.595. The molecule has 0 spiro atoms. The van der Waals surface area contributed by atoms with E-state index in [0.29, 0.717) is 6.54 Å². The fourth-order valence-electron chi connectivity index (χ4n) is 2.81. The zero-order valence-electron chi connectivity index (χ0n) is 14.4. The Balaban J connectivity index is 1.56. The SMILES string of the molecule is CCNC(=NCCc1c[nH]c2ccc(F)cc12)NCCn1cccc1. The third-order valence-corrected chi connectivity index (χ3v) is 4.05. The van der Waals surface area contributed by atoms with Gasteiger partial charge < -0.3 is 20.2 Å². The molecule has 0 aliphatic carbocycles. The second kappa shape index (κ2) is 8.37. The molecule has 2 aromatic heterocycles. The lowest BCUT2D eigenvalue weighted by Crippen LogP contribution is -2.39. The number of rotatable bonds is 7. The van der Waals surface area contributed by atoms with Crippen molar-refractivity contribution in [2.24, 2.45) is 4.99 Å². The summed E-state index contributed by atoms with van der Waals surface area (Å²) in [6.45, 7) is 5.19. The van der Waals surface area contributed by atoms with Crippen LogP contribution in [0, 0.1) is 5.82 Å². The van der Waals surface area contributed by atoms with Crippen LogP contribution in [-0.2, 0) is 13.0 Å². The predicted molar refractivity (Wildman–Crippen MR) is 100 cm³/mol. The Morgan fingerprint density at radius 2 is 2.08 bits per heavy atom. The van der Waals surface area contributed by atoms with Crippen LogP contribution in [0.15, 0.2) is 53.9 Å². The summed E-state index contributed by atoms with van der Waals surface area (Å²) < 4.78 is 15.6. The van der Waals surface area contributed by atoms with Gasteiger partial charge in [-0.1, -0.05) is 0 Å². The molecule has 0 atom stereocenters. The summed E-state index contributed by atoms with van der Waals surface area (Å²) in [6, 6.07) is 8.85. The molecule has 0 aliphatic heterocycles. The zero-order chi connectivity index (χ0) is 17.5. The monoisotopic (exact) mass is 341 g/mol. The van der Waals surface area contributed by atoms with E-state index in [1.807, 2.05) is 37.6 Å². The Labute approximate surface area is 147 Å². The maximum absolute atomic E-state index is 13.4. The van der Waals surface area contributed by atoms with Crippen LogP contribution < -0.4 is 10.6 Å². The van der Waals surface area contributed by atoms with E-state index in [4.69, 9.17) is 0 Å². The maximum Gasteiger partial charge on any atom is 0.191 e. The third kappa shape index (κ3) is 4.62. The van der Waals surface area contributed by atoms with Crippen LogP contribution in [0.4, 0.5) is 4.39 Å². The standard InChI is InChI=1S/C19H24FN5/c1-2-21-19(23-9-12-25-10-3-4-11-25)22-8-7-15-14-24-18-6-5-16(20)13-17(15)18/h3-6,10-11,13-14,24H,2,7-9,12H2,1H3,(H2,21,22,23). The van der Waals surface area contributed by atoms with Crippen LogP contribution >= 0.6 is 0 Å². The minimum Gasteiger partial charge on any atom is -0.361 e. The molecule has 0 fully saturated rings. The number of halogens is 1. The van der Waals surface area contributed by atoms with Gasteiger partial charge in [-0.3, -0.25) is 4.99 Å². The Morgan fingerprint density at radius 3 is 2.88 bits per heavy atom. The van der Waals surface area contributed by atoms with Crippen LogP contribution in [0.5, 0.6) is 0 Å². The van der Waals surface area contributed by atoms with Gasteiger partial charge in [-0.2, -0.15) is 0 Å². The van der Waals surface area contributed by atoms with Crippen molar-refractivity contribution in [3.63, 3.8) is 0 Å². The van der Waals surface area contributed by atoms with Crippen molar-refractivity contribution < 1.29 is 4.39 Å². The van der Waals surface area contributed by atoms with Gasteiger partial charge in [0.25, 0.3) is 0 Å². The number of benzene rings is 1. The van der Waals surface area contributed by atoms with Crippen LogP contribution in [0.2, 0.25) is 0 Å². The number of H-pyrrole nitrogens is 1. The van der Waals surface area contributed by atoms with E-state index in [1.165, 1.54) is 6.07 Å². The summed E-state index contributed by atoms with van der Waals surface area (Å²) in [4.78, 5) is 7.79. The minimum absolute atomic E-state index is 0.211. The molecule has 0 aliphatic rings. The van der Waals surface area contributed by atoms with Crippen LogP contribution in [0.3, 0.4) is 0 Å². The number of nitrogens with one attached hydrogen (secondary N) is 3. The smallest absolute Gasteiger partial charge is 0.191 e.